The van der Waals surface area contributed by atoms with Gasteiger partial charge in [-0.3, -0.25) is 4.79 Å². The molecule has 0 aliphatic heterocycles. The molecule has 0 aromatic carbocycles. The zero-order valence-corrected chi connectivity index (χ0v) is 12.1. The van der Waals surface area contributed by atoms with E-state index in [-0.39, 0.29) is 11.3 Å². The highest BCUT2D eigenvalue weighted by molar-refractivity contribution is 5.76. The van der Waals surface area contributed by atoms with Crippen LogP contribution in [0, 0.1) is 5.41 Å². The van der Waals surface area contributed by atoms with Crippen LogP contribution >= 0.6 is 0 Å². The molecule has 0 saturated heterocycles. The van der Waals surface area contributed by atoms with E-state index in [4.69, 9.17) is 15.2 Å². The van der Waals surface area contributed by atoms with Gasteiger partial charge in [0, 0.05) is 20.1 Å². The van der Waals surface area contributed by atoms with Gasteiger partial charge >= 0.3 is 0 Å². The van der Waals surface area contributed by atoms with Gasteiger partial charge in [-0.15, -0.1) is 0 Å². The molecule has 0 aromatic rings. The maximum atomic E-state index is 11.9. The molecule has 0 spiro atoms. The number of carbonyl (C=O) groups excluding carboxylic acids is 1. The predicted molar refractivity (Wildman–Crippen MR) is 74.9 cm³/mol. The van der Waals surface area contributed by atoms with Crippen LogP contribution in [0.1, 0.15) is 38.5 Å². The maximum absolute atomic E-state index is 11.9. The van der Waals surface area contributed by atoms with Crippen LogP contribution in [0.25, 0.3) is 0 Å². The molecule has 1 fully saturated rings. The fourth-order valence-electron chi connectivity index (χ4n) is 2.66. The fourth-order valence-corrected chi connectivity index (χ4v) is 2.66. The molecule has 19 heavy (non-hydrogen) atoms. The quantitative estimate of drug-likeness (QED) is 0.616. The number of carbonyl (C=O) groups is 1. The van der Waals surface area contributed by atoms with Crippen molar-refractivity contribution in [3.8, 4) is 0 Å². The van der Waals surface area contributed by atoms with Crippen molar-refractivity contribution in [1.29, 1.82) is 0 Å². The van der Waals surface area contributed by atoms with E-state index in [9.17, 15) is 4.79 Å². The van der Waals surface area contributed by atoms with E-state index < -0.39 is 0 Å². The summed E-state index contributed by atoms with van der Waals surface area (Å²) in [7, 11) is 1.64. The molecular formula is C14H28N2O3. The Morgan fingerprint density at radius 3 is 2.58 bits per heavy atom. The van der Waals surface area contributed by atoms with Crippen LogP contribution in [0.4, 0.5) is 0 Å². The van der Waals surface area contributed by atoms with Gasteiger partial charge in [0.05, 0.1) is 19.8 Å². The number of ether oxygens (including phenoxy) is 2. The molecule has 0 atom stereocenters. The summed E-state index contributed by atoms with van der Waals surface area (Å²) in [6.45, 7) is 2.86. The summed E-state index contributed by atoms with van der Waals surface area (Å²) in [6.07, 6.45) is 6.40. The number of methoxy groups -OCH3 is 1. The Balaban J connectivity index is 2.15. The minimum absolute atomic E-state index is 0.0409. The fraction of sp³-hybridized carbons (Fsp3) is 0.929. The van der Waals surface area contributed by atoms with Crippen LogP contribution < -0.4 is 11.1 Å². The van der Waals surface area contributed by atoms with Gasteiger partial charge in [0.15, 0.2) is 0 Å². The van der Waals surface area contributed by atoms with Gasteiger partial charge in [0.25, 0.3) is 0 Å². The van der Waals surface area contributed by atoms with Crippen molar-refractivity contribution in [3.05, 3.63) is 0 Å². The van der Waals surface area contributed by atoms with Crippen molar-refractivity contribution >= 4 is 5.91 Å². The highest BCUT2D eigenvalue weighted by atomic mass is 16.5. The monoisotopic (exact) mass is 272 g/mol. The van der Waals surface area contributed by atoms with E-state index in [1.165, 1.54) is 19.3 Å². The SMILES string of the molecule is COCCOCCNC(=O)CC1(CN)CCCCC1. The molecule has 1 saturated carbocycles. The minimum atomic E-state index is 0.0409. The second-order valence-electron chi connectivity index (χ2n) is 5.40. The Hall–Kier alpha value is -0.650. The lowest BCUT2D eigenvalue weighted by molar-refractivity contribution is -0.124. The molecule has 1 rings (SSSR count). The molecule has 0 unspecified atom stereocenters. The van der Waals surface area contributed by atoms with Crippen LogP contribution in [0.2, 0.25) is 0 Å². The highest BCUT2D eigenvalue weighted by Gasteiger charge is 2.32. The van der Waals surface area contributed by atoms with Crippen molar-refractivity contribution in [3.63, 3.8) is 0 Å². The number of nitrogens with one attached hydrogen (secondary N) is 1. The first-order chi connectivity index (χ1) is 9.22. The normalized spacial score (nSPS) is 18.2. The second kappa shape index (κ2) is 9.28. The van der Waals surface area contributed by atoms with Crippen molar-refractivity contribution in [2.24, 2.45) is 11.1 Å². The topological polar surface area (TPSA) is 73.6 Å². The molecule has 1 amide bonds. The molecule has 5 nitrogen and oxygen atoms in total. The van der Waals surface area contributed by atoms with Crippen molar-refractivity contribution in [2.45, 2.75) is 38.5 Å². The Kier molecular flexibility index (Phi) is 8.02. The summed E-state index contributed by atoms with van der Waals surface area (Å²) in [5, 5.41) is 2.91. The van der Waals surface area contributed by atoms with Crippen LogP contribution in [0.15, 0.2) is 0 Å². The third-order valence-corrected chi connectivity index (χ3v) is 3.88. The van der Waals surface area contributed by atoms with Crippen LogP contribution in [-0.2, 0) is 14.3 Å². The number of nitrogens with two attached hydrogens (primary N) is 1. The van der Waals surface area contributed by atoms with E-state index in [0.717, 1.165) is 12.8 Å². The molecule has 0 heterocycles. The third-order valence-electron chi connectivity index (χ3n) is 3.88. The summed E-state index contributed by atoms with van der Waals surface area (Å²) in [4.78, 5) is 11.9. The van der Waals surface area contributed by atoms with E-state index in [2.05, 4.69) is 5.32 Å². The number of amides is 1. The minimum Gasteiger partial charge on any atom is -0.382 e. The molecule has 112 valence electrons. The first kappa shape index (κ1) is 16.4. The van der Waals surface area contributed by atoms with E-state index in [1.54, 1.807) is 7.11 Å². The zero-order valence-electron chi connectivity index (χ0n) is 12.1. The Bertz CT molecular complexity index is 253. The van der Waals surface area contributed by atoms with Crippen molar-refractivity contribution in [2.75, 3.05) is 40.0 Å². The Morgan fingerprint density at radius 2 is 1.95 bits per heavy atom. The second-order valence-corrected chi connectivity index (χ2v) is 5.40. The largest absolute Gasteiger partial charge is 0.382 e. The lowest BCUT2D eigenvalue weighted by Gasteiger charge is -2.35. The maximum Gasteiger partial charge on any atom is 0.220 e. The zero-order chi connectivity index (χ0) is 14.0. The molecule has 0 radical (unpaired) electrons. The van der Waals surface area contributed by atoms with Gasteiger partial charge in [-0.05, 0) is 24.8 Å². The van der Waals surface area contributed by atoms with Crippen LogP contribution in [0.5, 0.6) is 0 Å². The summed E-state index contributed by atoms with van der Waals surface area (Å²) >= 11 is 0. The lowest BCUT2D eigenvalue weighted by Crippen LogP contribution is -2.39. The molecule has 0 aromatic heterocycles. The summed E-state index contributed by atoms with van der Waals surface area (Å²) in [6, 6.07) is 0. The average Bonchev–Trinajstić information content (AvgIpc) is 2.43. The first-order valence-corrected chi connectivity index (χ1v) is 7.26. The lowest BCUT2D eigenvalue weighted by atomic mass is 9.72. The smallest absolute Gasteiger partial charge is 0.220 e. The number of hydrogen-bond donors (Lipinski definition) is 2. The van der Waals surface area contributed by atoms with Crippen molar-refractivity contribution in [1.82, 2.24) is 5.32 Å². The molecule has 3 N–H and O–H groups in total. The van der Waals surface area contributed by atoms with Crippen LogP contribution in [0.3, 0.4) is 0 Å². The van der Waals surface area contributed by atoms with Gasteiger partial charge in [0.2, 0.25) is 5.91 Å². The first-order valence-electron chi connectivity index (χ1n) is 7.26. The average molecular weight is 272 g/mol. The standard InChI is InChI=1S/C14H28N2O3/c1-18-9-10-19-8-7-16-13(17)11-14(12-15)5-3-2-4-6-14/h2-12,15H2,1H3,(H,16,17). The van der Waals surface area contributed by atoms with Gasteiger partial charge < -0.3 is 20.5 Å². The molecular weight excluding hydrogens is 244 g/mol. The van der Waals surface area contributed by atoms with E-state index in [0.29, 0.717) is 39.3 Å². The third kappa shape index (κ3) is 6.36. The summed E-state index contributed by atoms with van der Waals surface area (Å²) < 4.78 is 10.2. The molecule has 1 aliphatic carbocycles. The van der Waals surface area contributed by atoms with E-state index in [1.807, 2.05) is 0 Å². The van der Waals surface area contributed by atoms with Gasteiger partial charge in [-0.1, -0.05) is 19.3 Å². The molecule has 1 aliphatic rings. The number of rotatable bonds is 9. The Labute approximate surface area is 116 Å². The van der Waals surface area contributed by atoms with Crippen LogP contribution in [-0.4, -0.2) is 45.9 Å². The number of hydrogen-bond acceptors (Lipinski definition) is 4. The van der Waals surface area contributed by atoms with Gasteiger partial charge in [-0.2, -0.15) is 0 Å². The summed E-state index contributed by atoms with van der Waals surface area (Å²) in [5.74, 6) is 0.0997. The van der Waals surface area contributed by atoms with Gasteiger partial charge in [0.1, 0.15) is 0 Å². The van der Waals surface area contributed by atoms with E-state index >= 15 is 0 Å². The molecule has 5 heteroatoms. The highest BCUT2D eigenvalue weighted by Crippen LogP contribution is 2.38. The Morgan fingerprint density at radius 1 is 1.21 bits per heavy atom. The van der Waals surface area contributed by atoms with Crippen molar-refractivity contribution < 1.29 is 14.3 Å². The predicted octanol–water partition coefficient (Wildman–Crippen LogP) is 1.06. The van der Waals surface area contributed by atoms with Gasteiger partial charge in [-0.25, -0.2) is 0 Å². The summed E-state index contributed by atoms with van der Waals surface area (Å²) in [5.41, 5.74) is 5.92. The molecule has 0 bridgehead atoms.